The van der Waals surface area contributed by atoms with Crippen molar-refractivity contribution in [3.8, 4) is 6.07 Å². The zero-order valence-electron chi connectivity index (χ0n) is 6.89. The molecule has 0 aliphatic rings. The molecule has 1 nitrogen and oxygen atoms in total. The molecule has 0 aromatic rings. The van der Waals surface area contributed by atoms with Crippen molar-refractivity contribution in [3.05, 3.63) is 23.3 Å². The molecule has 0 bridgehead atoms. The Kier molecular flexibility index (Phi) is 5.10. The van der Waals surface area contributed by atoms with Crippen LogP contribution in [0.4, 0.5) is 4.39 Å². The maximum absolute atomic E-state index is 11.8. The maximum atomic E-state index is 11.8. The minimum atomic E-state index is -0.505. The third-order valence-corrected chi connectivity index (χ3v) is 1.34. The van der Waals surface area contributed by atoms with E-state index in [4.69, 9.17) is 5.26 Å². The minimum Gasteiger partial charge on any atom is -0.247 e. The summed E-state index contributed by atoms with van der Waals surface area (Å²) in [5.74, 6) is 0. The van der Waals surface area contributed by atoms with Gasteiger partial charge in [0.2, 0.25) is 0 Å². The van der Waals surface area contributed by atoms with Gasteiger partial charge >= 0.3 is 0 Å². The highest BCUT2D eigenvalue weighted by molar-refractivity contribution is 5.40. The number of halogens is 1. The van der Waals surface area contributed by atoms with E-state index in [0.717, 1.165) is 12.0 Å². The van der Waals surface area contributed by atoms with E-state index >= 15 is 0 Å². The van der Waals surface area contributed by atoms with Gasteiger partial charge in [0.25, 0.3) is 0 Å². The molecular weight excluding hydrogens is 141 g/mol. The van der Waals surface area contributed by atoms with Crippen LogP contribution in [0.3, 0.4) is 0 Å². The van der Waals surface area contributed by atoms with Gasteiger partial charge in [0.15, 0.2) is 0 Å². The zero-order chi connectivity index (χ0) is 8.69. The summed E-state index contributed by atoms with van der Waals surface area (Å²) in [6.07, 6.45) is 4.01. The Labute approximate surface area is 66.8 Å². The third kappa shape index (κ3) is 3.57. The number of alkyl halides is 1. The van der Waals surface area contributed by atoms with Crippen molar-refractivity contribution in [1.82, 2.24) is 0 Å². The van der Waals surface area contributed by atoms with Gasteiger partial charge in [0, 0.05) is 0 Å². The lowest BCUT2D eigenvalue weighted by molar-refractivity contribution is 0.560. The molecule has 0 N–H and O–H groups in total. The number of nitriles is 1. The largest absolute Gasteiger partial charge is 0.247 e. The Hall–Kier alpha value is -1.10. The molecular formula is C9H12FN. The fourth-order valence-electron chi connectivity index (χ4n) is 0.725. The van der Waals surface area contributed by atoms with Crippen molar-refractivity contribution >= 4 is 0 Å². The van der Waals surface area contributed by atoms with E-state index in [1.54, 1.807) is 13.0 Å². The topological polar surface area (TPSA) is 23.8 Å². The number of hydrogen-bond donors (Lipinski definition) is 0. The molecule has 0 aliphatic carbocycles. The summed E-state index contributed by atoms with van der Waals surface area (Å²) in [5.41, 5.74) is 1.29. The normalized spacial score (nSPS) is 12.9. The molecule has 0 radical (unpaired) electrons. The average molecular weight is 153 g/mol. The second-order valence-corrected chi connectivity index (χ2v) is 2.18. The van der Waals surface area contributed by atoms with Crippen LogP contribution in [0.2, 0.25) is 0 Å². The second kappa shape index (κ2) is 5.67. The molecule has 0 aliphatic heterocycles. The van der Waals surface area contributed by atoms with Crippen LogP contribution in [0, 0.1) is 11.3 Å². The highest BCUT2D eigenvalue weighted by Gasteiger charge is 1.95. The number of nitrogens with zero attached hydrogens (tertiary/aromatic N) is 1. The van der Waals surface area contributed by atoms with Crippen molar-refractivity contribution in [2.24, 2.45) is 0 Å². The standard InChI is InChI=1S/C9H12FN/c1-3-4-9(7-11)8(2)5-6-10/h4-5H,3,6H2,1-2H3/b8-5-,9-4-. The molecule has 0 heterocycles. The fraction of sp³-hybridized carbons (Fsp3) is 0.444. The molecule has 0 saturated heterocycles. The fourth-order valence-corrected chi connectivity index (χ4v) is 0.725. The SMILES string of the molecule is CC/C=C(C#N)\C(C)=C/CF. The monoisotopic (exact) mass is 153 g/mol. The van der Waals surface area contributed by atoms with Gasteiger partial charge in [0.1, 0.15) is 6.67 Å². The molecule has 0 atom stereocenters. The molecule has 0 spiro atoms. The Bertz CT molecular complexity index is 208. The minimum absolute atomic E-state index is 0.505. The zero-order valence-corrected chi connectivity index (χ0v) is 6.89. The Morgan fingerprint density at radius 1 is 1.55 bits per heavy atom. The van der Waals surface area contributed by atoms with Crippen LogP contribution in [-0.2, 0) is 0 Å². The van der Waals surface area contributed by atoms with E-state index in [-0.39, 0.29) is 0 Å². The van der Waals surface area contributed by atoms with Gasteiger partial charge in [-0.3, -0.25) is 0 Å². The summed E-state index contributed by atoms with van der Waals surface area (Å²) >= 11 is 0. The molecule has 0 fully saturated rings. The first-order chi connectivity index (χ1) is 5.26. The predicted octanol–water partition coefficient (Wildman–Crippen LogP) is 2.76. The van der Waals surface area contributed by atoms with Gasteiger partial charge in [-0.1, -0.05) is 13.0 Å². The second-order valence-electron chi connectivity index (χ2n) is 2.18. The first-order valence-electron chi connectivity index (χ1n) is 3.59. The van der Waals surface area contributed by atoms with Gasteiger partial charge in [-0.05, 0) is 25.0 Å². The highest BCUT2D eigenvalue weighted by atomic mass is 19.1. The Morgan fingerprint density at radius 3 is 2.55 bits per heavy atom. The first kappa shape index (κ1) is 9.90. The predicted molar refractivity (Wildman–Crippen MR) is 43.7 cm³/mol. The van der Waals surface area contributed by atoms with Crippen LogP contribution in [0.15, 0.2) is 23.3 Å². The van der Waals surface area contributed by atoms with Crippen molar-refractivity contribution in [1.29, 1.82) is 5.26 Å². The van der Waals surface area contributed by atoms with Gasteiger partial charge in [-0.2, -0.15) is 5.26 Å². The Balaban J connectivity index is 4.42. The molecule has 2 heteroatoms. The summed E-state index contributed by atoms with van der Waals surface area (Å²) in [4.78, 5) is 0. The molecule has 0 saturated carbocycles. The lowest BCUT2D eigenvalue weighted by atomic mass is 10.1. The first-order valence-corrected chi connectivity index (χ1v) is 3.59. The molecule has 60 valence electrons. The van der Waals surface area contributed by atoms with Crippen LogP contribution in [0.1, 0.15) is 20.3 Å². The number of rotatable bonds is 3. The number of allylic oxidation sites excluding steroid dienone is 4. The van der Waals surface area contributed by atoms with Crippen LogP contribution >= 0.6 is 0 Å². The molecule has 0 aromatic heterocycles. The van der Waals surface area contributed by atoms with Crippen LogP contribution < -0.4 is 0 Å². The summed E-state index contributed by atoms with van der Waals surface area (Å²) in [7, 11) is 0. The maximum Gasteiger partial charge on any atom is 0.108 e. The third-order valence-electron chi connectivity index (χ3n) is 1.34. The lowest BCUT2D eigenvalue weighted by Crippen LogP contribution is -1.82. The smallest absolute Gasteiger partial charge is 0.108 e. The average Bonchev–Trinajstić information content (AvgIpc) is 2.00. The van der Waals surface area contributed by atoms with Gasteiger partial charge in [0.05, 0.1) is 11.6 Å². The lowest BCUT2D eigenvalue weighted by Gasteiger charge is -1.95. The van der Waals surface area contributed by atoms with Crippen molar-refractivity contribution in [2.75, 3.05) is 6.67 Å². The molecule has 0 rings (SSSR count). The summed E-state index contributed by atoms with van der Waals surface area (Å²) < 4.78 is 11.8. The van der Waals surface area contributed by atoms with E-state index < -0.39 is 6.67 Å². The van der Waals surface area contributed by atoms with Gasteiger partial charge in [-0.15, -0.1) is 0 Å². The molecule has 11 heavy (non-hydrogen) atoms. The van der Waals surface area contributed by atoms with Gasteiger partial charge in [-0.25, -0.2) is 4.39 Å². The van der Waals surface area contributed by atoms with Crippen LogP contribution in [0.5, 0.6) is 0 Å². The van der Waals surface area contributed by atoms with E-state index in [1.807, 2.05) is 13.0 Å². The molecule has 0 amide bonds. The van der Waals surface area contributed by atoms with E-state index in [0.29, 0.717) is 5.57 Å². The van der Waals surface area contributed by atoms with E-state index in [9.17, 15) is 4.39 Å². The van der Waals surface area contributed by atoms with Crippen LogP contribution in [-0.4, -0.2) is 6.67 Å². The van der Waals surface area contributed by atoms with E-state index in [1.165, 1.54) is 6.08 Å². The Morgan fingerprint density at radius 2 is 2.18 bits per heavy atom. The summed E-state index contributed by atoms with van der Waals surface area (Å²) in [6, 6.07) is 2.01. The summed E-state index contributed by atoms with van der Waals surface area (Å²) in [6.45, 7) is 3.18. The van der Waals surface area contributed by atoms with Crippen molar-refractivity contribution in [2.45, 2.75) is 20.3 Å². The van der Waals surface area contributed by atoms with E-state index in [2.05, 4.69) is 0 Å². The van der Waals surface area contributed by atoms with Crippen molar-refractivity contribution in [3.63, 3.8) is 0 Å². The van der Waals surface area contributed by atoms with Crippen molar-refractivity contribution < 1.29 is 4.39 Å². The van der Waals surface area contributed by atoms with Crippen LogP contribution in [0.25, 0.3) is 0 Å². The molecule has 0 aromatic carbocycles. The quantitative estimate of drug-likeness (QED) is 0.451. The number of hydrogen-bond acceptors (Lipinski definition) is 1. The molecule has 0 unspecified atom stereocenters. The van der Waals surface area contributed by atoms with Gasteiger partial charge < -0.3 is 0 Å². The summed E-state index contributed by atoms with van der Waals surface area (Å²) in [5, 5.41) is 8.57. The highest BCUT2D eigenvalue weighted by Crippen LogP contribution is 2.08.